The first-order chi connectivity index (χ1) is 14.3. The summed E-state index contributed by atoms with van der Waals surface area (Å²) in [6.45, 7) is 6.10. The van der Waals surface area contributed by atoms with Crippen LogP contribution in [0.1, 0.15) is 27.0 Å². The average molecular weight is 480 g/mol. The number of halogens is 2. The highest BCUT2D eigenvalue weighted by Gasteiger charge is 2.16. The molecule has 4 rings (SSSR count). The Morgan fingerprint density at radius 1 is 0.933 bits per heavy atom. The second-order valence-electron chi connectivity index (χ2n) is 7.48. The van der Waals surface area contributed by atoms with Crippen molar-refractivity contribution in [1.29, 1.82) is 0 Å². The number of nitrogens with zero attached hydrogens (tertiary/aromatic N) is 1. The molecule has 0 bridgehead atoms. The lowest BCUT2D eigenvalue weighted by Crippen LogP contribution is -2.13. The van der Waals surface area contributed by atoms with Gasteiger partial charge in [-0.15, -0.1) is 0 Å². The van der Waals surface area contributed by atoms with Crippen molar-refractivity contribution in [2.45, 2.75) is 20.8 Å². The van der Waals surface area contributed by atoms with Crippen molar-refractivity contribution >= 4 is 50.0 Å². The van der Waals surface area contributed by atoms with E-state index in [9.17, 15) is 4.79 Å². The minimum Gasteiger partial charge on any atom is -0.322 e. The Morgan fingerprint density at radius 3 is 2.37 bits per heavy atom. The normalized spacial score (nSPS) is 11.0. The molecule has 0 aliphatic heterocycles. The lowest BCUT2D eigenvalue weighted by molar-refractivity contribution is 0.102. The topological polar surface area (TPSA) is 42.0 Å². The Balaban J connectivity index is 1.86. The Bertz CT molecular complexity index is 1280. The van der Waals surface area contributed by atoms with Gasteiger partial charge in [0.1, 0.15) is 0 Å². The zero-order chi connectivity index (χ0) is 21.4. The van der Waals surface area contributed by atoms with Crippen LogP contribution in [0.2, 0.25) is 5.02 Å². The fraction of sp³-hybridized carbons (Fsp3) is 0.120. The maximum Gasteiger partial charge on any atom is 0.256 e. The minimum atomic E-state index is -0.195. The molecule has 0 saturated carbocycles. The van der Waals surface area contributed by atoms with Crippen LogP contribution >= 0.6 is 27.5 Å². The second kappa shape index (κ2) is 8.21. The van der Waals surface area contributed by atoms with Crippen molar-refractivity contribution < 1.29 is 4.79 Å². The summed E-state index contributed by atoms with van der Waals surface area (Å²) in [5.74, 6) is -0.195. The number of carbonyl (C=O) groups excluding carboxylic acids is 1. The third-order valence-electron chi connectivity index (χ3n) is 5.02. The highest BCUT2D eigenvalue weighted by Crippen LogP contribution is 2.30. The first-order valence-corrected chi connectivity index (χ1v) is 10.7. The molecule has 0 aliphatic rings. The van der Waals surface area contributed by atoms with Crippen LogP contribution in [0.5, 0.6) is 0 Å². The van der Waals surface area contributed by atoms with E-state index in [4.69, 9.17) is 16.6 Å². The molecule has 0 unspecified atom stereocenters. The molecule has 1 amide bonds. The summed E-state index contributed by atoms with van der Waals surface area (Å²) in [5, 5.41) is 4.35. The van der Waals surface area contributed by atoms with Crippen LogP contribution in [-0.2, 0) is 0 Å². The third-order valence-corrected chi connectivity index (χ3v) is 6.25. The zero-order valence-electron chi connectivity index (χ0n) is 16.9. The van der Waals surface area contributed by atoms with E-state index in [1.54, 1.807) is 6.07 Å². The molecule has 0 saturated heterocycles. The first-order valence-electron chi connectivity index (χ1n) is 9.57. The summed E-state index contributed by atoms with van der Waals surface area (Å²) in [4.78, 5) is 18.2. The van der Waals surface area contributed by atoms with Crippen LogP contribution in [0.25, 0.3) is 22.2 Å². The molecule has 30 heavy (non-hydrogen) atoms. The number of hydrogen-bond donors (Lipinski definition) is 1. The summed E-state index contributed by atoms with van der Waals surface area (Å²) in [5.41, 5.74) is 7.11. The molecule has 0 spiro atoms. The molecule has 0 radical (unpaired) electrons. The van der Waals surface area contributed by atoms with Gasteiger partial charge in [-0.25, -0.2) is 4.98 Å². The number of anilines is 1. The highest BCUT2D eigenvalue weighted by atomic mass is 79.9. The lowest BCUT2D eigenvalue weighted by Gasteiger charge is -2.13. The lowest BCUT2D eigenvalue weighted by atomic mass is 9.99. The standard InChI is InChI=1S/C25H20BrClN2O/c1-14-4-6-17(7-5-14)23-13-20(19-11-15(2)10-16(3)24(19)29-23)25(30)28-18-8-9-21(26)22(27)12-18/h4-13H,1-3H3,(H,28,30). The smallest absolute Gasteiger partial charge is 0.256 e. The van der Waals surface area contributed by atoms with Gasteiger partial charge in [0.15, 0.2) is 0 Å². The summed E-state index contributed by atoms with van der Waals surface area (Å²) < 4.78 is 0.782. The molecule has 0 fully saturated rings. The monoisotopic (exact) mass is 478 g/mol. The largest absolute Gasteiger partial charge is 0.322 e. The number of carbonyl (C=O) groups is 1. The van der Waals surface area contributed by atoms with Crippen LogP contribution in [-0.4, -0.2) is 10.9 Å². The van der Waals surface area contributed by atoms with E-state index in [1.165, 1.54) is 5.56 Å². The van der Waals surface area contributed by atoms with Crippen LogP contribution in [0.4, 0.5) is 5.69 Å². The number of fused-ring (bicyclic) bond motifs is 1. The number of aryl methyl sites for hydroxylation is 3. The number of benzene rings is 3. The molecule has 1 heterocycles. The first kappa shape index (κ1) is 20.6. The highest BCUT2D eigenvalue weighted by molar-refractivity contribution is 9.10. The van der Waals surface area contributed by atoms with Crippen LogP contribution < -0.4 is 5.32 Å². The minimum absolute atomic E-state index is 0.195. The fourth-order valence-corrected chi connectivity index (χ4v) is 3.94. The molecular weight excluding hydrogens is 460 g/mol. The van der Waals surface area contributed by atoms with Gasteiger partial charge in [0.25, 0.3) is 5.91 Å². The maximum absolute atomic E-state index is 13.3. The van der Waals surface area contributed by atoms with Gasteiger partial charge in [-0.05, 0) is 72.6 Å². The summed E-state index contributed by atoms with van der Waals surface area (Å²) in [6, 6.07) is 19.5. The van der Waals surface area contributed by atoms with Crippen LogP contribution in [0.3, 0.4) is 0 Å². The van der Waals surface area contributed by atoms with E-state index >= 15 is 0 Å². The van der Waals surface area contributed by atoms with Gasteiger partial charge in [-0.1, -0.05) is 53.1 Å². The Labute approximate surface area is 189 Å². The molecule has 3 nitrogen and oxygen atoms in total. The van der Waals surface area contributed by atoms with E-state index in [0.717, 1.165) is 37.8 Å². The molecule has 4 aromatic rings. The quantitative estimate of drug-likeness (QED) is 0.330. The summed E-state index contributed by atoms with van der Waals surface area (Å²) >= 11 is 9.57. The predicted molar refractivity (Wildman–Crippen MR) is 128 cm³/mol. The molecular formula is C25H20BrClN2O. The van der Waals surface area contributed by atoms with Crippen molar-refractivity contribution in [3.8, 4) is 11.3 Å². The third kappa shape index (κ3) is 4.11. The number of nitrogens with one attached hydrogen (secondary N) is 1. The zero-order valence-corrected chi connectivity index (χ0v) is 19.2. The number of hydrogen-bond acceptors (Lipinski definition) is 2. The second-order valence-corrected chi connectivity index (χ2v) is 8.74. The number of amides is 1. The number of aromatic nitrogens is 1. The fourth-order valence-electron chi connectivity index (χ4n) is 3.51. The van der Waals surface area contributed by atoms with E-state index in [1.807, 2.05) is 69.3 Å². The summed E-state index contributed by atoms with van der Waals surface area (Å²) in [7, 11) is 0. The number of rotatable bonds is 3. The van der Waals surface area contributed by atoms with Gasteiger partial charge in [-0.3, -0.25) is 4.79 Å². The van der Waals surface area contributed by atoms with E-state index < -0.39 is 0 Å². The van der Waals surface area contributed by atoms with Gasteiger partial charge < -0.3 is 5.32 Å². The Kier molecular flexibility index (Phi) is 5.63. The molecule has 5 heteroatoms. The van der Waals surface area contributed by atoms with E-state index in [-0.39, 0.29) is 5.91 Å². The van der Waals surface area contributed by atoms with Gasteiger partial charge in [0, 0.05) is 21.1 Å². The predicted octanol–water partition coefficient (Wildman–Crippen LogP) is 7.50. The molecule has 0 aliphatic carbocycles. The number of pyridine rings is 1. The molecule has 150 valence electrons. The van der Waals surface area contributed by atoms with Crippen molar-refractivity contribution in [3.63, 3.8) is 0 Å². The van der Waals surface area contributed by atoms with Crippen molar-refractivity contribution in [1.82, 2.24) is 4.98 Å². The molecule has 1 aromatic heterocycles. The van der Waals surface area contributed by atoms with Crippen molar-refractivity contribution in [3.05, 3.63) is 92.4 Å². The Hall–Kier alpha value is -2.69. The van der Waals surface area contributed by atoms with Gasteiger partial charge >= 0.3 is 0 Å². The average Bonchev–Trinajstić information content (AvgIpc) is 2.70. The molecule has 0 atom stereocenters. The Morgan fingerprint density at radius 2 is 1.67 bits per heavy atom. The summed E-state index contributed by atoms with van der Waals surface area (Å²) in [6.07, 6.45) is 0. The van der Waals surface area contributed by atoms with Gasteiger partial charge in [-0.2, -0.15) is 0 Å². The maximum atomic E-state index is 13.3. The van der Waals surface area contributed by atoms with Crippen molar-refractivity contribution in [2.75, 3.05) is 5.32 Å². The van der Waals surface area contributed by atoms with Gasteiger partial charge in [0.05, 0.1) is 21.8 Å². The molecule has 3 aromatic carbocycles. The SMILES string of the molecule is Cc1ccc(-c2cc(C(=O)Nc3ccc(Br)c(Cl)c3)c3cc(C)cc(C)c3n2)cc1. The van der Waals surface area contributed by atoms with E-state index in [2.05, 4.69) is 27.3 Å². The molecule has 1 N–H and O–H groups in total. The van der Waals surface area contributed by atoms with Gasteiger partial charge in [0.2, 0.25) is 0 Å². The van der Waals surface area contributed by atoms with Crippen LogP contribution in [0.15, 0.2) is 65.1 Å². The van der Waals surface area contributed by atoms with Crippen molar-refractivity contribution in [2.24, 2.45) is 0 Å². The van der Waals surface area contributed by atoms with E-state index in [0.29, 0.717) is 16.3 Å². The van der Waals surface area contributed by atoms with Crippen LogP contribution in [0, 0.1) is 20.8 Å².